The zero-order valence-corrected chi connectivity index (χ0v) is 14.1. The van der Waals surface area contributed by atoms with Gasteiger partial charge in [-0.2, -0.15) is 0 Å². The highest BCUT2D eigenvalue weighted by Gasteiger charge is 2.15. The second-order valence-corrected chi connectivity index (χ2v) is 5.51. The maximum absolute atomic E-state index is 6.05. The summed E-state index contributed by atoms with van der Waals surface area (Å²) >= 11 is 0. The summed E-state index contributed by atoms with van der Waals surface area (Å²) in [5.74, 6) is 0.852. The van der Waals surface area contributed by atoms with Gasteiger partial charge in [0.1, 0.15) is 12.4 Å². The van der Waals surface area contributed by atoms with E-state index < -0.39 is 0 Å². The van der Waals surface area contributed by atoms with E-state index in [0.717, 1.165) is 35.5 Å². The molecule has 1 heterocycles. The monoisotopic (exact) mass is 307 g/mol. The Morgan fingerprint density at radius 3 is 2.83 bits per heavy atom. The Labute approximate surface area is 139 Å². The molecule has 0 amide bonds. The van der Waals surface area contributed by atoms with E-state index in [1.54, 1.807) is 6.08 Å². The van der Waals surface area contributed by atoms with Gasteiger partial charge in [-0.1, -0.05) is 62.9 Å². The van der Waals surface area contributed by atoms with Crippen molar-refractivity contribution in [1.29, 1.82) is 0 Å². The van der Waals surface area contributed by atoms with Crippen molar-refractivity contribution >= 4 is 11.8 Å². The van der Waals surface area contributed by atoms with Crippen molar-refractivity contribution in [3.05, 3.63) is 78.1 Å². The van der Waals surface area contributed by atoms with Gasteiger partial charge in [0.2, 0.25) is 0 Å². The molecule has 1 aliphatic heterocycles. The van der Waals surface area contributed by atoms with Crippen LogP contribution in [0, 0.1) is 0 Å². The number of allylic oxidation sites excluding steroid dienone is 4. The fourth-order valence-corrected chi connectivity index (χ4v) is 2.63. The van der Waals surface area contributed by atoms with Crippen LogP contribution >= 0.6 is 0 Å². The summed E-state index contributed by atoms with van der Waals surface area (Å²) in [4.78, 5) is 0. The van der Waals surface area contributed by atoms with E-state index in [9.17, 15) is 0 Å². The third-order valence-corrected chi connectivity index (χ3v) is 3.66. The van der Waals surface area contributed by atoms with Gasteiger partial charge in [0, 0.05) is 11.3 Å². The van der Waals surface area contributed by atoms with Gasteiger partial charge in [0.05, 0.1) is 5.69 Å². The summed E-state index contributed by atoms with van der Waals surface area (Å²) in [5.41, 5.74) is 5.52. The summed E-state index contributed by atoms with van der Waals surface area (Å²) in [6, 6.07) is 4.20. The SMILES string of the molecule is C=C/C=C(\C=C/C)COc1ccc(CCC)c2c1NC(=C)C=C2. The van der Waals surface area contributed by atoms with E-state index in [1.807, 2.05) is 37.3 Å². The zero-order valence-electron chi connectivity index (χ0n) is 14.1. The van der Waals surface area contributed by atoms with Crippen molar-refractivity contribution in [1.82, 2.24) is 0 Å². The van der Waals surface area contributed by atoms with E-state index in [4.69, 9.17) is 4.74 Å². The number of benzene rings is 1. The molecule has 0 saturated heterocycles. The number of ether oxygens (including phenoxy) is 1. The van der Waals surface area contributed by atoms with Gasteiger partial charge >= 0.3 is 0 Å². The normalized spacial score (nSPS) is 13.8. The van der Waals surface area contributed by atoms with Crippen molar-refractivity contribution in [3.63, 3.8) is 0 Å². The van der Waals surface area contributed by atoms with Gasteiger partial charge in [-0.3, -0.25) is 0 Å². The van der Waals surface area contributed by atoms with Gasteiger partial charge < -0.3 is 10.1 Å². The number of anilines is 1. The molecule has 0 aliphatic carbocycles. The second-order valence-electron chi connectivity index (χ2n) is 5.51. The molecule has 0 aromatic heterocycles. The van der Waals surface area contributed by atoms with Gasteiger partial charge in [-0.05, 0) is 36.6 Å². The predicted octanol–water partition coefficient (Wildman–Crippen LogP) is 5.66. The van der Waals surface area contributed by atoms with Gasteiger partial charge in [0.25, 0.3) is 0 Å². The smallest absolute Gasteiger partial charge is 0.143 e. The summed E-state index contributed by atoms with van der Waals surface area (Å²) in [7, 11) is 0. The molecule has 2 rings (SSSR count). The minimum absolute atomic E-state index is 0.508. The molecule has 0 spiro atoms. The molecule has 1 aromatic carbocycles. The summed E-state index contributed by atoms with van der Waals surface area (Å²) < 4.78 is 6.05. The van der Waals surface area contributed by atoms with Gasteiger partial charge in [-0.15, -0.1) is 0 Å². The minimum atomic E-state index is 0.508. The first-order valence-corrected chi connectivity index (χ1v) is 8.06. The number of fused-ring (bicyclic) bond motifs is 1. The number of aryl methyl sites for hydroxylation is 1. The van der Waals surface area contributed by atoms with E-state index >= 15 is 0 Å². The molecule has 1 aliphatic rings. The van der Waals surface area contributed by atoms with Crippen molar-refractivity contribution in [2.45, 2.75) is 26.7 Å². The van der Waals surface area contributed by atoms with E-state index in [-0.39, 0.29) is 0 Å². The molecule has 0 fully saturated rings. The van der Waals surface area contributed by atoms with Crippen molar-refractivity contribution in [2.24, 2.45) is 0 Å². The predicted molar refractivity (Wildman–Crippen MR) is 101 cm³/mol. The average molecular weight is 307 g/mol. The maximum Gasteiger partial charge on any atom is 0.143 e. The number of rotatable bonds is 7. The minimum Gasteiger partial charge on any atom is -0.487 e. The lowest BCUT2D eigenvalue weighted by molar-refractivity contribution is 0.357. The zero-order chi connectivity index (χ0) is 16.7. The molecular formula is C21H25NO. The number of hydrogen-bond acceptors (Lipinski definition) is 2. The molecule has 0 radical (unpaired) electrons. The van der Waals surface area contributed by atoms with Crippen LogP contribution in [0.1, 0.15) is 31.4 Å². The highest BCUT2D eigenvalue weighted by Crippen LogP contribution is 2.36. The first-order chi connectivity index (χ1) is 11.2. The number of hydrogen-bond donors (Lipinski definition) is 1. The maximum atomic E-state index is 6.05. The van der Waals surface area contributed by atoms with E-state index in [1.165, 1.54) is 11.1 Å². The number of nitrogens with one attached hydrogen (secondary N) is 1. The summed E-state index contributed by atoms with van der Waals surface area (Å²) in [6.45, 7) is 12.4. The second kappa shape index (κ2) is 8.23. The quantitative estimate of drug-likeness (QED) is 0.656. The van der Waals surface area contributed by atoms with Crippen LogP contribution in [-0.2, 0) is 6.42 Å². The lowest BCUT2D eigenvalue weighted by Crippen LogP contribution is -2.09. The summed E-state index contributed by atoms with van der Waals surface area (Å²) in [6.07, 6.45) is 14.1. The standard InChI is InChI=1S/C21H25NO/c1-5-8-17(9-6-2)15-23-20-14-12-18(10-7-3)19-13-11-16(4)22-21(19)20/h5-6,8-9,11-14,22H,1,4,7,10,15H2,2-3H3/b9-6-,17-8+. The summed E-state index contributed by atoms with van der Waals surface area (Å²) in [5, 5.41) is 3.35. The Balaban J connectivity index is 2.29. The molecule has 2 heteroatoms. The van der Waals surface area contributed by atoms with E-state index in [2.05, 4.69) is 37.5 Å². The lowest BCUT2D eigenvalue weighted by Gasteiger charge is -2.22. The molecule has 2 nitrogen and oxygen atoms in total. The molecule has 0 saturated carbocycles. The molecule has 0 unspecified atom stereocenters. The third kappa shape index (κ3) is 4.26. The van der Waals surface area contributed by atoms with Crippen LogP contribution in [0.2, 0.25) is 0 Å². The van der Waals surface area contributed by atoms with Gasteiger partial charge in [0.15, 0.2) is 0 Å². The molecule has 120 valence electrons. The highest BCUT2D eigenvalue weighted by molar-refractivity contribution is 5.81. The Morgan fingerprint density at radius 2 is 2.13 bits per heavy atom. The highest BCUT2D eigenvalue weighted by atomic mass is 16.5. The lowest BCUT2D eigenvalue weighted by atomic mass is 9.98. The molecule has 23 heavy (non-hydrogen) atoms. The van der Waals surface area contributed by atoms with Crippen LogP contribution in [0.25, 0.3) is 6.08 Å². The Hall–Kier alpha value is -2.48. The van der Waals surface area contributed by atoms with Crippen molar-refractivity contribution < 1.29 is 4.74 Å². The van der Waals surface area contributed by atoms with Crippen LogP contribution in [-0.4, -0.2) is 6.61 Å². The van der Waals surface area contributed by atoms with E-state index in [0.29, 0.717) is 6.61 Å². The van der Waals surface area contributed by atoms with Crippen LogP contribution in [0.3, 0.4) is 0 Å². The van der Waals surface area contributed by atoms with Crippen LogP contribution in [0.5, 0.6) is 5.75 Å². The van der Waals surface area contributed by atoms with Gasteiger partial charge in [-0.25, -0.2) is 0 Å². The fraction of sp³-hybridized carbons (Fsp3) is 0.238. The average Bonchev–Trinajstić information content (AvgIpc) is 2.54. The molecule has 1 N–H and O–H groups in total. The Bertz CT molecular complexity index is 677. The van der Waals surface area contributed by atoms with Crippen LogP contribution in [0.4, 0.5) is 5.69 Å². The first-order valence-electron chi connectivity index (χ1n) is 8.06. The third-order valence-electron chi connectivity index (χ3n) is 3.66. The van der Waals surface area contributed by atoms with Crippen molar-refractivity contribution in [3.8, 4) is 5.75 Å². The Morgan fingerprint density at radius 1 is 1.30 bits per heavy atom. The topological polar surface area (TPSA) is 21.3 Å². The molecule has 1 aromatic rings. The first kappa shape index (κ1) is 16.9. The van der Waals surface area contributed by atoms with Crippen LogP contribution < -0.4 is 10.1 Å². The molecular weight excluding hydrogens is 282 g/mol. The van der Waals surface area contributed by atoms with Crippen LogP contribution in [0.15, 0.2) is 66.9 Å². The molecule has 0 atom stereocenters. The molecule has 0 bridgehead atoms. The Kier molecular flexibility index (Phi) is 6.04. The largest absolute Gasteiger partial charge is 0.487 e. The van der Waals surface area contributed by atoms with Crippen molar-refractivity contribution in [2.75, 3.05) is 11.9 Å². The fourth-order valence-electron chi connectivity index (χ4n) is 2.63.